The highest BCUT2D eigenvalue weighted by atomic mass is 35.5. The molecule has 0 aromatic heterocycles. The summed E-state index contributed by atoms with van der Waals surface area (Å²) in [7, 11) is 0. The molecule has 0 atom stereocenters. The highest BCUT2D eigenvalue weighted by molar-refractivity contribution is 6.38. The van der Waals surface area contributed by atoms with Crippen LogP contribution in [-0.4, -0.2) is 35.1 Å². The summed E-state index contributed by atoms with van der Waals surface area (Å²) in [5, 5.41) is 15.4. The first-order chi connectivity index (χ1) is 24.9. The normalized spacial score (nSPS) is 11.5. The number of benzene rings is 4. The number of anilines is 2. The molecule has 4 aromatic rings. The lowest BCUT2D eigenvalue weighted by atomic mass is 10.1. The minimum absolute atomic E-state index is 0.202. The Labute approximate surface area is 322 Å². The highest BCUT2D eigenvalue weighted by Gasteiger charge is 2.13. The van der Waals surface area contributed by atoms with E-state index < -0.39 is 0 Å². The van der Waals surface area contributed by atoms with Crippen molar-refractivity contribution >= 4 is 92.8 Å². The van der Waals surface area contributed by atoms with Gasteiger partial charge in [-0.05, 0) is 98.5 Å². The van der Waals surface area contributed by atoms with Crippen LogP contribution in [0.3, 0.4) is 0 Å². The van der Waals surface area contributed by atoms with Crippen molar-refractivity contribution in [2.75, 3.05) is 10.6 Å². The van der Waals surface area contributed by atoms with E-state index in [0.717, 1.165) is 24.0 Å². The minimum atomic E-state index is -0.359. The van der Waals surface area contributed by atoms with Gasteiger partial charge >= 0.3 is 0 Å². The molecule has 4 N–H and O–H groups in total. The Balaban J connectivity index is 1.09. The fraction of sp³-hybridized carbons (Fsp3) is 0.211. The number of halogens is 4. The van der Waals surface area contributed by atoms with Crippen molar-refractivity contribution < 1.29 is 19.2 Å². The Kier molecular flexibility index (Phi) is 15.2. The van der Waals surface area contributed by atoms with Gasteiger partial charge in [0.05, 0.1) is 32.6 Å². The van der Waals surface area contributed by atoms with E-state index in [1.165, 1.54) is 12.1 Å². The number of hydrazone groups is 2. The maximum Gasteiger partial charge on any atom is 0.257 e. The number of unbranched alkanes of at least 4 members (excludes halogenated alkanes) is 3. The number of rotatable bonds is 15. The van der Waals surface area contributed by atoms with Crippen LogP contribution >= 0.6 is 46.4 Å². The number of carbonyl (C=O) groups is 4. The molecular formula is C38H36Cl4N6O4. The summed E-state index contributed by atoms with van der Waals surface area (Å²) in [6.07, 6.45) is 3.51. The molecule has 0 unspecified atom stereocenters. The van der Waals surface area contributed by atoms with Gasteiger partial charge in [-0.3, -0.25) is 19.2 Å². The summed E-state index contributed by atoms with van der Waals surface area (Å²) in [5.41, 5.74) is 9.70. The molecule has 0 bridgehead atoms. The number of hydrogen-bond donors (Lipinski definition) is 4. The quantitative estimate of drug-likeness (QED) is 0.0542. The van der Waals surface area contributed by atoms with E-state index in [2.05, 4.69) is 31.7 Å². The van der Waals surface area contributed by atoms with Crippen molar-refractivity contribution in [1.29, 1.82) is 0 Å². The Bertz CT molecular complexity index is 1840. The molecule has 0 spiro atoms. The lowest BCUT2D eigenvalue weighted by molar-refractivity contribution is -0.122. The Morgan fingerprint density at radius 1 is 0.519 bits per heavy atom. The third-order valence-corrected chi connectivity index (χ3v) is 8.82. The molecule has 0 heterocycles. The van der Waals surface area contributed by atoms with Crippen LogP contribution in [0.2, 0.25) is 20.1 Å². The lowest BCUT2D eigenvalue weighted by Gasteiger charge is -2.08. The third kappa shape index (κ3) is 12.5. The van der Waals surface area contributed by atoms with Crippen molar-refractivity contribution in [1.82, 2.24) is 10.9 Å². The van der Waals surface area contributed by atoms with Gasteiger partial charge in [-0.15, -0.1) is 0 Å². The second kappa shape index (κ2) is 19.8. The summed E-state index contributed by atoms with van der Waals surface area (Å²) in [6.45, 7) is 3.55. The van der Waals surface area contributed by atoms with Gasteiger partial charge in [0.2, 0.25) is 11.8 Å². The van der Waals surface area contributed by atoms with Crippen LogP contribution in [0.4, 0.5) is 11.4 Å². The molecule has 4 aromatic carbocycles. The van der Waals surface area contributed by atoms with Crippen LogP contribution in [-0.2, 0) is 9.59 Å². The molecule has 10 nitrogen and oxygen atoms in total. The van der Waals surface area contributed by atoms with Gasteiger partial charge in [-0.25, -0.2) is 10.9 Å². The molecule has 0 saturated heterocycles. The highest BCUT2D eigenvalue weighted by Crippen LogP contribution is 2.24. The van der Waals surface area contributed by atoms with Crippen LogP contribution in [0.1, 0.15) is 84.2 Å². The van der Waals surface area contributed by atoms with Crippen LogP contribution in [0, 0.1) is 0 Å². The molecule has 4 rings (SSSR count). The van der Waals surface area contributed by atoms with Gasteiger partial charge in [-0.2, -0.15) is 10.2 Å². The number of amides is 4. The summed E-state index contributed by atoms with van der Waals surface area (Å²) < 4.78 is 0. The number of hydrogen-bond acceptors (Lipinski definition) is 6. The van der Waals surface area contributed by atoms with E-state index in [1.54, 1.807) is 86.6 Å². The van der Waals surface area contributed by atoms with Gasteiger partial charge in [0, 0.05) is 34.3 Å². The Morgan fingerprint density at radius 2 is 0.885 bits per heavy atom. The zero-order chi connectivity index (χ0) is 37.6. The summed E-state index contributed by atoms with van der Waals surface area (Å²) in [6, 6.07) is 23.4. The van der Waals surface area contributed by atoms with Gasteiger partial charge in [0.1, 0.15) is 0 Å². The molecular weight excluding hydrogens is 746 g/mol. The lowest BCUT2D eigenvalue weighted by Crippen LogP contribution is -2.19. The van der Waals surface area contributed by atoms with Gasteiger partial charge in [0.25, 0.3) is 11.8 Å². The predicted molar refractivity (Wildman–Crippen MR) is 210 cm³/mol. The van der Waals surface area contributed by atoms with Crippen molar-refractivity contribution in [2.24, 2.45) is 10.2 Å². The maximum absolute atomic E-state index is 12.5. The van der Waals surface area contributed by atoms with Crippen molar-refractivity contribution in [3.63, 3.8) is 0 Å². The van der Waals surface area contributed by atoms with Gasteiger partial charge in [0.15, 0.2) is 0 Å². The monoisotopic (exact) mass is 780 g/mol. The van der Waals surface area contributed by atoms with Crippen molar-refractivity contribution in [3.8, 4) is 0 Å². The number of carbonyl (C=O) groups excluding carboxylic acids is 4. The van der Waals surface area contributed by atoms with E-state index in [0.29, 0.717) is 69.7 Å². The first-order valence-electron chi connectivity index (χ1n) is 16.3. The van der Waals surface area contributed by atoms with E-state index in [-0.39, 0.29) is 33.7 Å². The molecule has 52 heavy (non-hydrogen) atoms. The fourth-order valence-electron chi connectivity index (χ4n) is 4.79. The molecule has 270 valence electrons. The van der Waals surface area contributed by atoms with Crippen LogP contribution in [0.5, 0.6) is 0 Å². The molecule has 0 aliphatic carbocycles. The smallest absolute Gasteiger partial charge is 0.257 e. The zero-order valence-corrected chi connectivity index (χ0v) is 31.4. The largest absolute Gasteiger partial charge is 0.322 e. The van der Waals surface area contributed by atoms with Crippen LogP contribution in [0.15, 0.2) is 95.1 Å². The Hall–Kier alpha value is -4.74. The fourth-order valence-corrected chi connectivity index (χ4v) is 5.78. The molecule has 0 aliphatic heterocycles. The Morgan fingerprint density at radius 3 is 1.23 bits per heavy atom. The predicted octanol–water partition coefficient (Wildman–Crippen LogP) is 9.53. The maximum atomic E-state index is 12.5. The molecule has 14 heteroatoms. The number of nitrogens with one attached hydrogen (secondary N) is 4. The van der Waals surface area contributed by atoms with Crippen molar-refractivity contribution in [3.05, 3.63) is 127 Å². The molecule has 4 amide bonds. The van der Waals surface area contributed by atoms with E-state index in [9.17, 15) is 19.2 Å². The topological polar surface area (TPSA) is 141 Å². The van der Waals surface area contributed by atoms with E-state index in [4.69, 9.17) is 46.4 Å². The standard InChI is InChI=1S/C38H36Cl4N6O4/c1-23(25-9-15-29(16-10-25)43-37(51)31-19-13-27(39)21-33(31)41)45-47-35(49)7-5-3-4-6-8-36(50)48-46-24(2)26-11-17-30(18-12-26)44-38(52)32-20-14-28(40)22-34(32)42/h9-22H,3-8H2,1-2H3,(H,43,51)(H,44,52)(H,47,49)(H,48,50). The van der Waals surface area contributed by atoms with E-state index >= 15 is 0 Å². The average Bonchev–Trinajstić information content (AvgIpc) is 3.11. The van der Waals surface area contributed by atoms with Gasteiger partial charge in [-0.1, -0.05) is 83.5 Å². The average molecular weight is 783 g/mol. The first-order valence-corrected chi connectivity index (χ1v) is 17.8. The molecule has 0 saturated carbocycles. The SMILES string of the molecule is CC(=NNC(=O)CCCCCCC(=O)NN=C(C)c1ccc(NC(=O)c2ccc(Cl)cc2Cl)cc1)c1ccc(NC(=O)c2ccc(Cl)cc2Cl)cc1. The second-order valence-corrected chi connectivity index (χ2v) is 13.4. The minimum Gasteiger partial charge on any atom is -0.322 e. The van der Waals surface area contributed by atoms with Crippen LogP contribution < -0.4 is 21.5 Å². The molecule has 0 fully saturated rings. The van der Waals surface area contributed by atoms with E-state index in [1.807, 2.05) is 0 Å². The second-order valence-electron chi connectivity index (χ2n) is 11.7. The van der Waals surface area contributed by atoms with Gasteiger partial charge < -0.3 is 10.6 Å². The molecule has 0 aliphatic rings. The summed E-state index contributed by atoms with van der Waals surface area (Å²) in [5.74, 6) is -1.12. The first kappa shape index (κ1) is 40.0. The van der Waals surface area contributed by atoms with Crippen molar-refractivity contribution in [2.45, 2.75) is 52.4 Å². The third-order valence-electron chi connectivity index (χ3n) is 7.73. The summed E-state index contributed by atoms with van der Waals surface area (Å²) in [4.78, 5) is 49.7. The zero-order valence-electron chi connectivity index (χ0n) is 28.4. The molecule has 0 radical (unpaired) electrons. The summed E-state index contributed by atoms with van der Waals surface area (Å²) >= 11 is 24.0. The number of nitrogens with zero attached hydrogens (tertiary/aromatic N) is 2. The van der Waals surface area contributed by atoms with Crippen LogP contribution in [0.25, 0.3) is 0 Å².